The van der Waals surface area contributed by atoms with Crippen LogP contribution in [0.4, 0.5) is 0 Å². The van der Waals surface area contributed by atoms with Crippen molar-refractivity contribution in [3.8, 4) is 0 Å². The van der Waals surface area contributed by atoms with Gasteiger partial charge in [-0.05, 0) is 33.2 Å². The third-order valence-corrected chi connectivity index (χ3v) is 2.93. The van der Waals surface area contributed by atoms with Crippen LogP contribution < -0.4 is 24.2 Å². The van der Waals surface area contributed by atoms with Gasteiger partial charge in [0.05, 0.1) is 24.7 Å². The summed E-state index contributed by atoms with van der Waals surface area (Å²) in [6, 6.07) is -0.279. The van der Waals surface area contributed by atoms with Crippen LogP contribution in [0.1, 0.15) is 39.0 Å². The molecule has 0 saturated heterocycles. The Morgan fingerprint density at radius 2 is 1.90 bits per heavy atom. The maximum Gasteiger partial charge on any atom is 1.00 e. The molecule has 0 heterocycles. The molecule has 20 heavy (non-hydrogen) atoms. The van der Waals surface area contributed by atoms with Gasteiger partial charge in [0.1, 0.15) is 5.78 Å². The van der Waals surface area contributed by atoms with Crippen molar-refractivity contribution in [1.29, 1.82) is 0 Å². The van der Waals surface area contributed by atoms with Gasteiger partial charge in [0.25, 0.3) is 0 Å². The van der Waals surface area contributed by atoms with E-state index in [0.29, 0.717) is 25.8 Å². The van der Waals surface area contributed by atoms with Gasteiger partial charge in [-0.25, -0.2) is 0 Å². The van der Waals surface area contributed by atoms with Crippen LogP contribution >= 0.6 is 0 Å². The molecule has 1 amide bonds. The molecule has 0 radical (unpaired) electrons. The number of rotatable bonds is 11. The first-order valence-electron chi connectivity index (χ1n) is 6.68. The first-order valence-corrected chi connectivity index (χ1v) is 6.68. The van der Waals surface area contributed by atoms with E-state index in [-0.39, 0.29) is 49.6 Å². The summed E-state index contributed by atoms with van der Waals surface area (Å²) >= 11 is 0. The third kappa shape index (κ3) is 11.4. The van der Waals surface area contributed by atoms with Gasteiger partial charge in [-0.2, -0.15) is 0 Å². The number of unbranched alkanes of at least 4 members (excludes halogenated alkanes) is 1. The predicted molar refractivity (Wildman–Crippen MR) is 72.9 cm³/mol. The molecule has 0 aliphatic heterocycles. The van der Waals surface area contributed by atoms with E-state index in [9.17, 15) is 9.59 Å². The van der Waals surface area contributed by atoms with E-state index in [2.05, 4.69) is 10.6 Å². The van der Waals surface area contributed by atoms with Crippen LogP contribution in [-0.2, 0) is 9.59 Å². The number of ketones is 1. The van der Waals surface area contributed by atoms with Gasteiger partial charge in [0.15, 0.2) is 0 Å². The van der Waals surface area contributed by atoms with Crippen LogP contribution in [0.2, 0.25) is 0 Å². The average molecular weight is 280 g/mol. The first-order chi connectivity index (χ1) is 9.01. The van der Waals surface area contributed by atoms with E-state index in [1.54, 1.807) is 7.05 Å². The van der Waals surface area contributed by atoms with E-state index in [1.807, 2.05) is 0 Å². The number of amides is 1. The van der Waals surface area contributed by atoms with Crippen molar-refractivity contribution < 1.29 is 38.7 Å². The molecule has 3 N–H and O–H groups in total. The molecule has 0 aliphatic carbocycles. The molecule has 112 valence electrons. The fourth-order valence-electron chi connectivity index (χ4n) is 1.68. The Morgan fingerprint density at radius 1 is 1.25 bits per heavy atom. The van der Waals surface area contributed by atoms with Gasteiger partial charge in [0.2, 0.25) is 0 Å². The average Bonchev–Trinajstić information content (AvgIpc) is 2.38. The number of hydrogen-bond donors (Lipinski definition) is 3. The van der Waals surface area contributed by atoms with Gasteiger partial charge in [-0.15, -0.1) is 6.54 Å². The number of aliphatic hydroxyl groups excluding tert-OH is 2. The van der Waals surface area contributed by atoms with Crippen molar-refractivity contribution in [2.75, 3.05) is 20.2 Å². The van der Waals surface area contributed by atoms with Crippen molar-refractivity contribution in [1.82, 2.24) is 5.32 Å². The summed E-state index contributed by atoms with van der Waals surface area (Å²) in [4.78, 5) is 22.6. The van der Waals surface area contributed by atoms with Gasteiger partial charge in [-0.3, -0.25) is 4.79 Å². The van der Waals surface area contributed by atoms with Gasteiger partial charge in [-0.1, -0.05) is 12.8 Å². The Labute approximate surface area is 132 Å². The summed E-state index contributed by atoms with van der Waals surface area (Å²) in [6.07, 6.45) is 2.02. The van der Waals surface area contributed by atoms with Gasteiger partial charge < -0.3 is 25.6 Å². The minimum absolute atomic E-state index is 0. The number of Topliss-reactive ketones (excluding diaryl/α,β-unsaturated/α-hetero) is 1. The summed E-state index contributed by atoms with van der Waals surface area (Å²) in [6.45, 7) is 1.70. The van der Waals surface area contributed by atoms with Crippen LogP contribution in [0, 0.1) is 0 Å². The molecule has 6 nitrogen and oxygen atoms in total. The van der Waals surface area contributed by atoms with E-state index in [4.69, 9.17) is 10.2 Å². The van der Waals surface area contributed by atoms with Crippen LogP contribution in [0.15, 0.2) is 0 Å². The van der Waals surface area contributed by atoms with Crippen LogP contribution in [0.5, 0.6) is 0 Å². The number of carbonyl (C=O) groups is 2. The van der Waals surface area contributed by atoms with Crippen molar-refractivity contribution >= 4 is 11.7 Å². The Morgan fingerprint density at radius 3 is 2.40 bits per heavy atom. The first kappa shape index (κ1) is 21.9. The molecular formula is C13H25LiN2O4. The second-order valence-corrected chi connectivity index (χ2v) is 4.60. The smallest absolute Gasteiger partial charge is 0.653 e. The largest absolute Gasteiger partial charge is 1.00 e. The molecule has 0 aromatic heterocycles. The molecular weight excluding hydrogens is 255 g/mol. The fraction of sp³-hybridized carbons (Fsp3) is 0.846. The van der Waals surface area contributed by atoms with Crippen LogP contribution in [0.25, 0.3) is 5.32 Å². The van der Waals surface area contributed by atoms with E-state index >= 15 is 0 Å². The molecule has 7 heteroatoms. The second kappa shape index (κ2) is 13.6. The quantitative estimate of drug-likeness (QED) is 0.284. The summed E-state index contributed by atoms with van der Waals surface area (Å²) in [5.74, 6) is -0.169. The molecule has 2 atom stereocenters. The van der Waals surface area contributed by atoms with Gasteiger partial charge >= 0.3 is 18.9 Å². The number of carbonyl (C=O) groups excluding carboxylic acids is 2. The van der Waals surface area contributed by atoms with Gasteiger partial charge in [0, 0.05) is 0 Å². The van der Waals surface area contributed by atoms with E-state index < -0.39 is 6.10 Å². The predicted octanol–water partition coefficient (Wildman–Crippen LogP) is -2.63. The number of nitrogens with zero attached hydrogens (tertiary/aromatic N) is 1. The normalized spacial score (nSPS) is 13.2. The zero-order valence-electron chi connectivity index (χ0n) is 12.8. The molecule has 0 aromatic carbocycles. The third-order valence-electron chi connectivity index (χ3n) is 2.93. The molecule has 0 spiro atoms. The standard InChI is InChI=1S/C13H26N2O4.Li/c1-10(17)12(14-2)6-7-13(19)15-8-4-3-5-11(18)9-16;/h11-12,14,16,18H,3-9H2,1-2H3,(H,15,19);/q;+1/p-1/t11-,12-;/m0./s1. The number of likely N-dealkylation sites (N-methyl/N-ethyl adjacent to an activating group) is 1. The van der Waals surface area contributed by atoms with Crippen LogP contribution in [-0.4, -0.2) is 54.2 Å². The maximum absolute atomic E-state index is 11.4. The van der Waals surface area contributed by atoms with E-state index in [1.165, 1.54) is 6.92 Å². The molecule has 0 aromatic rings. The van der Waals surface area contributed by atoms with E-state index in [0.717, 1.165) is 6.42 Å². The summed E-state index contributed by atoms with van der Waals surface area (Å²) in [5.41, 5.74) is 0. The number of nitrogens with one attached hydrogen (secondary N) is 1. The van der Waals surface area contributed by atoms with Crippen LogP contribution in [0.3, 0.4) is 0 Å². The second-order valence-electron chi connectivity index (χ2n) is 4.60. The monoisotopic (exact) mass is 280 g/mol. The number of hydrogen-bond acceptors (Lipinski definition) is 5. The summed E-state index contributed by atoms with van der Waals surface area (Å²) in [7, 11) is 1.69. The van der Waals surface area contributed by atoms with Crippen molar-refractivity contribution in [2.24, 2.45) is 0 Å². The Bertz CT molecular complexity index is 277. The van der Waals surface area contributed by atoms with Crippen molar-refractivity contribution in [3.05, 3.63) is 5.32 Å². The maximum atomic E-state index is 11.4. The zero-order chi connectivity index (χ0) is 14.7. The molecule has 0 unspecified atom stereocenters. The zero-order valence-corrected chi connectivity index (χ0v) is 12.8. The summed E-state index contributed by atoms with van der Waals surface area (Å²) in [5, 5.41) is 24.5. The van der Waals surface area contributed by atoms with Crippen molar-refractivity contribution in [2.45, 2.75) is 51.2 Å². The fourth-order valence-corrected chi connectivity index (χ4v) is 1.68. The minimum Gasteiger partial charge on any atom is -0.653 e. The topological polar surface area (TPSA) is 101 Å². The molecule has 0 saturated carbocycles. The molecule has 0 fully saturated rings. The van der Waals surface area contributed by atoms with Crippen molar-refractivity contribution in [3.63, 3.8) is 0 Å². The Balaban J connectivity index is 0. The SMILES string of the molecule is CN[C@@H](CCC(=O)[N-]CCCC[C@H](O)CO)C(C)=O.[Li+]. The molecule has 0 rings (SSSR count). The Hall–Kier alpha value is -0.383. The molecule has 0 aliphatic rings. The number of aliphatic hydroxyl groups is 2. The summed E-state index contributed by atoms with van der Waals surface area (Å²) < 4.78 is 0. The molecule has 0 bridgehead atoms. The Kier molecular flexibility index (Phi) is 14.9. The minimum atomic E-state index is -0.678.